The van der Waals surface area contributed by atoms with Gasteiger partial charge in [0, 0.05) is 5.69 Å². The first kappa shape index (κ1) is 21.5. The Hall–Kier alpha value is -3.21. The van der Waals surface area contributed by atoms with Crippen LogP contribution in [0.15, 0.2) is 34.9 Å². The standard InChI is InChI=1S/C19H21BrN6O4/c1-11-17(20)12(2)24(22-11)9-14-6-5-7-15(8-14)21-18(27)13(3)25-10-16(26(28)29)19(23-25)30-4/h5-8,10,13H,9H2,1-4H3,(H,21,27). The largest absolute Gasteiger partial charge is 0.475 e. The van der Waals surface area contributed by atoms with Crippen LogP contribution >= 0.6 is 15.9 Å². The Bertz CT molecular complexity index is 1110. The minimum absolute atomic E-state index is 0.141. The molecule has 158 valence electrons. The van der Waals surface area contributed by atoms with Gasteiger partial charge in [0.1, 0.15) is 12.2 Å². The Morgan fingerprint density at radius 3 is 2.67 bits per heavy atom. The highest BCUT2D eigenvalue weighted by molar-refractivity contribution is 9.10. The maximum atomic E-state index is 12.7. The molecule has 3 rings (SSSR count). The van der Waals surface area contributed by atoms with Gasteiger partial charge in [0.2, 0.25) is 5.91 Å². The van der Waals surface area contributed by atoms with E-state index in [-0.39, 0.29) is 17.5 Å². The summed E-state index contributed by atoms with van der Waals surface area (Å²) in [5.74, 6) is -0.501. The van der Waals surface area contributed by atoms with Crippen LogP contribution in [0.2, 0.25) is 0 Å². The van der Waals surface area contributed by atoms with Gasteiger partial charge < -0.3 is 10.1 Å². The zero-order valence-corrected chi connectivity index (χ0v) is 18.5. The van der Waals surface area contributed by atoms with Gasteiger partial charge >= 0.3 is 11.6 Å². The molecule has 0 radical (unpaired) electrons. The third kappa shape index (κ3) is 4.35. The van der Waals surface area contributed by atoms with Crippen molar-refractivity contribution >= 4 is 33.2 Å². The van der Waals surface area contributed by atoms with Crippen molar-refractivity contribution in [1.82, 2.24) is 19.6 Å². The van der Waals surface area contributed by atoms with Crippen molar-refractivity contribution < 1.29 is 14.5 Å². The molecule has 30 heavy (non-hydrogen) atoms. The fourth-order valence-electron chi connectivity index (χ4n) is 2.95. The summed E-state index contributed by atoms with van der Waals surface area (Å²) in [4.78, 5) is 23.1. The molecule has 1 atom stereocenters. The molecule has 10 nitrogen and oxygen atoms in total. The number of halogens is 1. The lowest BCUT2D eigenvalue weighted by Crippen LogP contribution is -2.24. The highest BCUT2D eigenvalue weighted by Gasteiger charge is 2.25. The second-order valence-electron chi connectivity index (χ2n) is 6.77. The van der Waals surface area contributed by atoms with Crippen molar-refractivity contribution in [1.29, 1.82) is 0 Å². The van der Waals surface area contributed by atoms with E-state index in [0.717, 1.165) is 21.4 Å². The zero-order chi connectivity index (χ0) is 22.0. The number of benzene rings is 1. The normalized spacial score (nSPS) is 11.9. The van der Waals surface area contributed by atoms with Gasteiger partial charge in [0.25, 0.3) is 0 Å². The first-order valence-electron chi connectivity index (χ1n) is 9.08. The average Bonchev–Trinajstić information content (AvgIpc) is 3.25. The van der Waals surface area contributed by atoms with E-state index in [0.29, 0.717) is 12.2 Å². The van der Waals surface area contributed by atoms with Crippen LogP contribution in [-0.4, -0.2) is 37.5 Å². The number of anilines is 1. The van der Waals surface area contributed by atoms with Crippen molar-refractivity contribution in [2.45, 2.75) is 33.4 Å². The number of amides is 1. The van der Waals surface area contributed by atoms with E-state index in [9.17, 15) is 14.9 Å². The molecule has 0 aliphatic carbocycles. The number of aryl methyl sites for hydroxylation is 1. The lowest BCUT2D eigenvalue weighted by Gasteiger charge is -2.13. The number of nitrogens with one attached hydrogen (secondary N) is 1. The van der Waals surface area contributed by atoms with Gasteiger partial charge in [-0.2, -0.15) is 5.10 Å². The van der Waals surface area contributed by atoms with Crippen molar-refractivity contribution in [2.24, 2.45) is 0 Å². The van der Waals surface area contributed by atoms with Gasteiger partial charge in [-0.1, -0.05) is 12.1 Å². The van der Waals surface area contributed by atoms with E-state index >= 15 is 0 Å². The van der Waals surface area contributed by atoms with Crippen LogP contribution in [0, 0.1) is 24.0 Å². The number of methoxy groups -OCH3 is 1. The van der Waals surface area contributed by atoms with Crippen molar-refractivity contribution in [3.8, 4) is 5.88 Å². The van der Waals surface area contributed by atoms with E-state index in [4.69, 9.17) is 4.74 Å². The fourth-order valence-corrected chi connectivity index (χ4v) is 3.23. The zero-order valence-electron chi connectivity index (χ0n) is 16.9. The molecule has 1 aromatic carbocycles. The second kappa shape index (κ2) is 8.66. The summed E-state index contributed by atoms with van der Waals surface area (Å²) in [6, 6.07) is 6.66. The summed E-state index contributed by atoms with van der Waals surface area (Å²) >= 11 is 3.52. The summed E-state index contributed by atoms with van der Waals surface area (Å²) in [6.07, 6.45) is 1.18. The van der Waals surface area contributed by atoms with Gasteiger partial charge in [-0.3, -0.25) is 19.6 Å². The second-order valence-corrected chi connectivity index (χ2v) is 7.56. The molecule has 0 saturated carbocycles. The Kier molecular flexibility index (Phi) is 6.20. The minimum atomic E-state index is -0.775. The van der Waals surface area contributed by atoms with E-state index < -0.39 is 11.0 Å². The maximum absolute atomic E-state index is 12.7. The first-order chi connectivity index (χ1) is 14.2. The molecule has 3 aromatic rings. The molecule has 0 aliphatic heterocycles. The van der Waals surface area contributed by atoms with Crippen LogP contribution in [0.5, 0.6) is 5.88 Å². The fraction of sp³-hybridized carbons (Fsp3) is 0.316. The van der Waals surface area contributed by atoms with Gasteiger partial charge in [-0.15, -0.1) is 5.10 Å². The van der Waals surface area contributed by atoms with Crippen LogP contribution in [0.25, 0.3) is 0 Å². The van der Waals surface area contributed by atoms with E-state index in [1.807, 2.05) is 36.7 Å². The van der Waals surface area contributed by atoms with Crippen LogP contribution in [0.4, 0.5) is 11.4 Å². The average molecular weight is 477 g/mol. The van der Waals surface area contributed by atoms with Gasteiger partial charge in [-0.05, 0) is 54.4 Å². The Morgan fingerprint density at radius 1 is 1.37 bits per heavy atom. The topological polar surface area (TPSA) is 117 Å². The summed E-state index contributed by atoms with van der Waals surface area (Å²) in [5.41, 5.74) is 3.21. The predicted molar refractivity (Wildman–Crippen MR) is 114 cm³/mol. The molecule has 0 saturated heterocycles. The molecule has 0 spiro atoms. The van der Waals surface area contributed by atoms with Crippen molar-refractivity contribution in [3.63, 3.8) is 0 Å². The van der Waals surface area contributed by atoms with Gasteiger partial charge in [0.15, 0.2) is 0 Å². The molecule has 0 aliphatic rings. The molecule has 0 fully saturated rings. The molecule has 1 amide bonds. The molecule has 2 heterocycles. The molecule has 2 aromatic heterocycles. The highest BCUT2D eigenvalue weighted by atomic mass is 79.9. The van der Waals surface area contributed by atoms with Crippen LogP contribution in [0.1, 0.15) is 29.9 Å². The van der Waals surface area contributed by atoms with Gasteiger partial charge in [0.05, 0.1) is 34.4 Å². The van der Waals surface area contributed by atoms with Crippen LogP contribution < -0.4 is 10.1 Å². The summed E-state index contributed by atoms with van der Waals surface area (Å²) in [7, 11) is 1.29. The minimum Gasteiger partial charge on any atom is -0.475 e. The third-order valence-electron chi connectivity index (χ3n) is 4.67. The van der Waals surface area contributed by atoms with Crippen LogP contribution in [0.3, 0.4) is 0 Å². The van der Waals surface area contributed by atoms with E-state index in [1.165, 1.54) is 18.0 Å². The smallest absolute Gasteiger partial charge is 0.350 e. The number of carbonyl (C=O) groups excluding carboxylic acids is 1. The monoisotopic (exact) mass is 476 g/mol. The maximum Gasteiger partial charge on any atom is 0.350 e. The number of nitro groups is 1. The predicted octanol–water partition coefficient (Wildman–Crippen LogP) is 3.62. The number of hydrogen-bond acceptors (Lipinski definition) is 6. The third-order valence-corrected chi connectivity index (χ3v) is 5.81. The molecular formula is C19H21BrN6O4. The highest BCUT2D eigenvalue weighted by Crippen LogP contribution is 2.26. The van der Waals surface area contributed by atoms with Crippen LogP contribution in [-0.2, 0) is 11.3 Å². The van der Waals surface area contributed by atoms with Crippen molar-refractivity contribution in [2.75, 3.05) is 12.4 Å². The Labute approximate surface area is 181 Å². The number of nitrogens with zero attached hydrogens (tertiary/aromatic N) is 5. The molecule has 1 unspecified atom stereocenters. The van der Waals surface area contributed by atoms with Crippen molar-refractivity contribution in [3.05, 3.63) is 62.0 Å². The van der Waals surface area contributed by atoms with E-state index in [1.54, 1.807) is 13.0 Å². The molecule has 11 heteroatoms. The molecule has 0 bridgehead atoms. The lowest BCUT2D eigenvalue weighted by atomic mass is 10.2. The first-order valence-corrected chi connectivity index (χ1v) is 9.87. The Morgan fingerprint density at radius 2 is 2.10 bits per heavy atom. The summed E-state index contributed by atoms with van der Waals surface area (Å²) in [6.45, 7) is 6.07. The molecular weight excluding hydrogens is 456 g/mol. The Balaban J connectivity index is 1.74. The number of aromatic nitrogens is 4. The quantitative estimate of drug-likeness (QED) is 0.410. The number of rotatable bonds is 7. The summed E-state index contributed by atoms with van der Waals surface area (Å²) in [5, 5.41) is 22.4. The number of carbonyl (C=O) groups is 1. The number of hydrogen-bond donors (Lipinski definition) is 1. The summed E-state index contributed by atoms with van der Waals surface area (Å²) < 4.78 is 8.99. The lowest BCUT2D eigenvalue weighted by molar-refractivity contribution is -0.385. The number of ether oxygens (including phenoxy) is 1. The van der Waals surface area contributed by atoms with E-state index in [2.05, 4.69) is 31.4 Å². The molecule has 1 N–H and O–H groups in total. The SMILES string of the molecule is COc1nn(C(C)C(=O)Nc2cccc(Cn3nc(C)c(Br)c3C)c2)cc1[N+](=O)[O-]. The van der Waals surface area contributed by atoms with Gasteiger partial charge in [-0.25, -0.2) is 4.68 Å².